The molecule has 0 aliphatic carbocycles. The Morgan fingerprint density at radius 2 is 1.96 bits per heavy atom. The first kappa shape index (κ1) is 16.9. The van der Waals surface area contributed by atoms with Gasteiger partial charge in [0, 0.05) is 18.5 Å². The van der Waals surface area contributed by atoms with Crippen molar-refractivity contribution >= 4 is 33.0 Å². The summed E-state index contributed by atoms with van der Waals surface area (Å²) >= 11 is 1.04. The summed E-state index contributed by atoms with van der Waals surface area (Å²) in [5.41, 5.74) is 0.272. The molecule has 9 heteroatoms. The summed E-state index contributed by atoms with van der Waals surface area (Å²) in [7, 11) is -3.62. The standard InChI is InChI=1S/C15H16N2O5S2/c18-13-4-2-1-3-12(13)16-15(19)14-9-11(10-23-14)24(20,21)17-5-7-22-8-6-17/h1-4,9-10,18H,5-8H2,(H,16,19). The zero-order valence-corrected chi connectivity index (χ0v) is 14.3. The average molecular weight is 368 g/mol. The van der Waals surface area contributed by atoms with E-state index in [1.807, 2.05) is 0 Å². The fourth-order valence-corrected chi connectivity index (χ4v) is 4.84. The van der Waals surface area contributed by atoms with E-state index in [2.05, 4.69) is 5.32 Å². The molecule has 0 spiro atoms. The lowest BCUT2D eigenvalue weighted by Gasteiger charge is -2.25. The number of thiophene rings is 1. The maximum atomic E-state index is 12.5. The molecule has 1 aromatic carbocycles. The van der Waals surface area contributed by atoms with Gasteiger partial charge >= 0.3 is 0 Å². The van der Waals surface area contributed by atoms with Crippen molar-refractivity contribution in [1.29, 1.82) is 0 Å². The van der Waals surface area contributed by atoms with Crippen molar-refractivity contribution < 1.29 is 23.1 Å². The highest BCUT2D eigenvalue weighted by atomic mass is 32.2. The molecule has 0 unspecified atom stereocenters. The molecule has 1 fully saturated rings. The van der Waals surface area contributed by atoms with Crippen LogP contribution in [-0.2, 0) is 14.8 Å². The van der Waals surface area contributed by atoms with Crippen LogP contribution in [0, 0.1) is 0 Å². The molecule has 1 saturated heterocycles. The number of carbonyl (C=O) groups excluding carboxylic acids is 1. The zero-order valence-electron chi connectivity index (χ0n) is 12.6. The number of phenols is 1. The van der Waals surface area contributed by atoms with E-state index in [0.29, 0.717) is 26.3 Å². The molecule has 128 valence electrons. The Labute approximate surface area is 143 Å². The number of carbonyl (C=O) groups is 1. The Morgan fingerprint density at radius 3 is 2.67 bits per heavy atom. The summed E-state index contributed by atoms with van der Waals surface area (Å²) in [5.74, 6) is -0.520. The van der Waals surface area contributed by atoms with Gasteiger partial charge in [-0.2, -0.15) is 4.31 Å². The first-order valence-corrected chi connectivity index (χ1v) is 9.56. The van der Waals surface area contributed by atoms with Crippen LogP contribution in [0.25, 0.3) is 0 Å². The van der Waals surface area contributed by atoms with Crippen LogP contribution in [0.5, 0.6) is 5.75 Å². The number of ether oxygens (including phenoxy) is 1. The third kappa shape index (κ3) is 3.44. The molecule has 2 N–H and O–H groups in total. The van der Waals surface area contributed by atoms with Crippen molar-refractivity contribution in [3.63, 3.8) is 0 Å². The fraction of sp³-hybridized carbons (Fsp3) is 0.267. The van der Waals surface area contributed by atoms with Gasteiger partial charge in [-0.15, -0.1) is 11.3 Å². The van der Waals surface area contributed by atoms with E-state index in [-0.39, 0.29) is 21.2 Å². The monoisotopic (exact) mass is 368 g/mol. The number of anilines is 1. The van der Waals surface area contributed by atoms with E-state index in [9.17, 15) is 18.3 Å². The van der Waals surface area contributed by atoms with E-state index >= 15 is 0 Å². The van der Waals surface area contributed by atoms with Crippen molar-refractivity contribution in [1.82, 2.24) is 4.31 Å². The first-order valence-electron chi connectivity index (χ1n) is 7.24. The van der Waals surface area contributed by atoms with Crippen LogP contribution in [-0.4, -0.2) is 50.0 Å². The lowest BCUT2D eigenvalue weighted by molar-refractivity contribution is 0.0730. The Morgan fingerprint density at radius 1 is 1.25 bits per heavy atom. The number of hydrogen-bond donors (Lipinski definition) is 2. The first-order chi connectivity index (χ1) is 11.5. The van der Waals surface area contributed by atoms with Crippen LogP contribution in [0.1, 0.15) is 9.67 Å². The van der Waals surface area contributed by atoms with Gasteiger partial charge in [0.1, 0.15) is 5.75 Å². The normalized spacial score (nSPS) is 16.0. The Balaban J connectivity index is 1.77. The smallest absolute Gasteiger partial charge is 0.265 e. The quantitative estimate of drug-likeness (QED) is 0.801. The molecule has 3 rings (SSSR count). The van der Waals surface area contributed by atoms with Gasteiger partial charge in [-0.25, -0.2) is 8.42 Å². The van der Waals surface area contributed by atoms with Gasteiger partial charge in [-0.3, -0.25) is 4.79 Å². The van der Waals surface area contributed by atoms with Gasteiger partial charge in [0.05, 0.1) is 28.7 Å². The van der Waals surface area contributed by atoms with Crippen molar-refractivity contribution in [3.05, 3.63) is 40.6 Å². The number of nitrogens with zero attached hydrogens (tertiary/aromatic N) is 1. The molecule has 2 heterocycles. The lowest BCUT2D eigenvalue weighted by atomic mass is 10.3. The number of para-hydroxylation sites is 2. The van der Waals surface area contributed by atoms with Crippen LogP contribution in [0.15, 0.2) is 40.6 Å². The molecular weight excluding hydrogens is 352 g/mol. The minimum Gasteiger partial charge on any atom is -0.506 e. The van der Waals surface area contributed by atoms with E-state index in [4.69, 9.17) is 4.74 Å². The number of hydrogen-bond acceptors (Lipinski definition) is 6. The van der Waals surface area contributed by atoms with Gasteiger partial charge in [-0.05, 0) is 18.2 Å². The number of amides is 1. The number of phenolic OH excluding ortho intramolecular Hbond substituents is 1. The van der Waals surface area contributed by atoms with Gasteiger partial charge in [0.15, 0.2) is 0 Å². The molecule has 7 nitrogen and oxygen atoms in total. The lowest BCUT2D eigenvalue weighted by Crippen LogP contribution is -2.40. The number of nitrogens with one attached hydrogen (secondary N) is 1. The minimum atomic E-state index is -3.62. The number of morpholine rings is 1. The molecule has 0 atom stereocenters. The van der Waals surface area contributed by atoms with E-state index in [1.54, 1.807) is 18.2 Å². The number of rotatable bonds is 4. The summed E-state index contributed by atoms with van der Waals surface area (Å²) in [5, 5.41) is 13.7. The highest BCUT2D eigenvalue weighted by molar-refractivity contribution is 7.89. The minimum absolute atomic E-state index is 0.0523. The summed E-state index contributed by atoms with van der Waals surface area (Å²) in [6, 6.07) is 7.69. The molecule has 1 amide bonds. The van der Waals surface area contributed by atoms with E-state index in [1.165, 1.54) is 21.8 Å². The summed E-state index contributed by atoms with van der Waals surface area (Å²) in [4.78, 5) is 12.6. The summed E-state index contributed by atoms with van der Waals surface area (Å²) < 4.78 is 31.6. The summed E-state index contributed by atoms with van der Waals surface area (Å²) in [6.45, 7) is 1.34. The highest BCUT2D eigenvalue weighted by Crippen LogP contribution is 2.26. The molecular formula is C15H16N2O5S2. The van der Waals surface area contributed by atoms with E-state index in [0.717, 1.165) is 11.3 Å². The predicted molar refractivity (Wildman–Crippen MR) is 90.0 cm³/mol. The predicted octanol–water partition coefficient (Wildman–Crippen LogP) is 1.73. The van der Waals surface area contributed by atoms with Gasteiger partial charge in [-0.1, -0.05) is 12.1 Å². The number of aromatic hydroxyl groups is 1. The van der Waals surface area contributed by atoms with E-state index < -0.39 is 15.9 Å². The fourth-order valence-electron chi connectivity index (χ4n) is 2.27. The van der Waals surface area contributed by atoms with Crippen molar-refractivity contribution in [2.75, 3.05) is 31.6 Å². The van der Waals surface area contributed by atoms with Crippen LogP contribution in [0.3, 0.4) is 0 Å². The zero-order chi connectivity index (χ0) is 17.2. The highest BCUT2D eigenvalue weighted by Gasteiger charge is 2.28. The van der Waals surface area contributed by atoms with Gasteiger partial charge in [0.25, 0.3) is 5.91 Å². The second-order valence-electron chi connectivity index (χ2n) is 5.13. The SMILES string of the molecule is O=C(Nc1ccccc1O)c1cc(S(=O)(=O)N2CCOCC2)cs1. The Hall–Kier alpha value is -1.94. The third-order valence-electron chi connectivity index (χ3n) is 3.56. The van der Waals surface area contributed by atoms with Crippen LogP contribution in [0.2, 0.25) is 0 Å². The van der Waals surface area contributed by atoms with Gasteiger partial charge < -0.3 is 15.2 Å². The molecule has 24 heavy (non-hydrogen) atoms. The maximum absolute atomic E-state index is 12.5. The Bertz CT molecular complexity index is 841. The molecule has 1 aliphatic heterocycles. The average Bonchev–Trinajstić information content (AvgIpc) is 3.09. The van der Waals surface area contributed by atoms with Crippen molar-refractivity contribution in [2.24, 2.45) is 0 Å². The largest absolute Gasteiger partial charge is 0.506 e. The van der Waals surface area contributed by atoms with Gasteiger partial charge in [0.2, 0.25) is 10.0 Å². The van der Waals surface area contributed by atoms with Crippen LogP contribution >= 0.6 is 11.3 Å². The van der Waals surface area contributed by atoms with Crippen molar-refractivity contribution in [3.8, 4) is 5.75 Å². The van der Waals surface area contributed by atoms with Crippen LogP contribution in [0.4, 0.5) is 5.69 Å². The molecule has 1 aromatic heterocycles. The molecule has 2 aromatic rings. The molecule has 0 radical (unpaired) electrons. The molecule has 0 saturated carbocycles. The number of benzene rings is 1. The second kappa shape index (κ2) is 6.89. The molecule has 0 bridgehead atoms. The Kier molecular flexibility index (Phi) is 4.86. The maximum Gasteiger partial charge on any atom is 0.265 e. The topological polar surface area (TPSA) is 95.9 Å². The number of sulfonamides is 1. The second-order valence-corrected chi connectivity index (χ2v) is 7.98. The van der Waals surface area contributed by atoms with Crippen molar-refractivity contribution in [2.45, 2.75) is 4.90 Å². The molecule has 1 aliphatic rings. The summed E-state index contributed by atoms with van der Waals surface area (Å²) in [6.07, 6.45) is 0. The third-order valence-corrected chi connectivity index (χ3v) is 6.51. The van der Waals surface area contributed by atoms with Crippen LogP contribution < -0.4 is 5.32 Å².